The molecule has 220 valence electrons. The molecule has 5 nitrogen and oxygen atoms in total. The van der Waals surface area contributed by atoms with Gasteiger partial charge in [0.1, 0.15) is 0 Å². The third kappa shape index (κ3) is 10.0. The summed E-state index contributed by atoms with van der Waals surface area (Å²) in [7, 11) is 0. The van der Waals surface area contributed by atoms with E-state index in [1.54, 1.807) is 25.3 Å². The van der Waals surface area contributed by atoms with Gasteiger partial charge in [-0.25, -0.2) is 9.59 Å². The lowest BCUT2D eigenvalue weighted by molar-refractivity contribution is -0.218. The third-order valence-electron chi connectivity index (χ3n) is 6.72. The van der Waals surface area contributed by atoms with Crippen LogP contribution in [0.1, 0.15) is 81.1 Å². The fraction of sp³-hybridized carbons (Fsp3) is 0.424. The molecular weight excluding hydrogens is 531 g/mol. The average molecular weight is 570 g/mol. The number of aryl methyl sites for hydroxylation is 1. The molecule has 0 radical (unpaired) electrons. The van der Waals surface area contributed by atoms with Crippen molar-refractivity contribution in [2.24, 2.45) is 0 Å². The SMILES string of the molecule is CCCCCCCCCc1ccc(-c2ccc(-c3ccc(C(=O)OC(C(=O)OCCC)C(F)(F)F)cc3)cn2)cc1. The number of pyridine rings is 1. The molecule has 41 heavy (non-hydrogen) atoms. The van der Waals surface area contributed by atoms with E-state index in [1.807, 2.05) is 12.1 Å². The Balaban J connectivity index is 1.56. The molecule has 3 rings (SSSR count). The number of esters is 2. The first-order valence-corrected chi connectivity index (χ1v) is 14.3. The maximum absolute atomic E-state index is 13.3. The molecule has 1 aromatic heterocycles. The Morgan fingerprint density at radius 3 is 1.95 bits per heavy atom. The van der Waals surface area contributed by atoms with Crippen molar-refractivity contribution in [1.29, 1.82) is 0 Å². The lowest BCUT2D eigenvalue weighted by Crippen LogP contribution is -2.42. The molecule has 1 unspecified atom stereocenters. The lowest BCUT2D eigenvalue weighted by Gasteiger charge is -2.19. The molecule has 1 atom stereocenters. The third-order valence-corrected chi connectivity index (χ3v) is 6.72. The Bertz CT molecular complexity index is 1220. The molecule has 0 bridgehead atoms. The number of halogens is 3. The summed E-state index contributed by atoms with van der Waals surface area (Å²) in [4.78, 5) is 28.7. The minimum Gasteiger partial charge on any atom is -0.463 e. The summed E-state index contributed by atoms with van der Waals surface area (Å²) < 4.78 is 48.8. The van der Waals surface area contributed by atoms with Crippen LogP contribution in [0.4, 0.5) is 13.2 Å². The van der Waals surface area contributed by atoms with Gasteiger partial charge in [-0.05, 0) is 48.6 Å². The molecule has 2 aromatic carbocycles. The number of alkyl halides is 3. The molecule has 0 aliphatic carbocycles. The summed E-state index contributed by atoms with van der Waals surface area (Å²) in [6, 6.07) is 18.1. The predicted octanol–water partition coefficient (Wildman–Crippen LogP) is 8.75. The van der Waals surface area contributed by atoms with Crippen molar-refractivity contribution in [3.8, 4) is 22.4 Å². The van der Waals surface area contributed by atoms with Crippen molar-refractivity contribution >= 4 is 11.9 Å². The van der Waals surface area contributed by atoms with E-state index in [0.29, 0.717) is 6.42 Å². The van der Waals surface area contributed by atoms with Crippen LogP contribution >= 0.6 is 0 Å². The zero-order valence-corrected chi connectivity index (χ0v) is 23.7. The molecule has 3 aromatic rings. The second kappa shape index (κ2) is 15.9. The number of hydrogen-bond donors (Lipinski definition) is 0. The number of ether oxygens (including phenoxy) is 2. The van der Waals surface area contributed by atoms with Crippen LogP contribution in [0.15, 0.2) is 66.9 Å². The molecule has 8 heteroatoms. The summed E-state index contributed by atoms with van der Waals surface area (Å²) in [5.41, 5.74) is 4.53. The Hall–Kier alpha value is -3.68. The van der Waals surface area contributed by atoms with Crippen LogP contribution in [0.5, 0.6) is 0 Å². The summed E-state index contributed by atoms with van der Waals surface area (Å²) in [6.07, 6.45) is 4.08. The predicted molar refractivity (Wildman–Crippen MR) is 153 cm³/mol. The Morgan fingerprint density at radius 2 is 1.37 bits per heavy atom. The van der Waals surface area contributed by atoms with Gasteiger partial charge in [-0.1, -0.05) is 94.8 Å². The quantitative estimate of drug-likeness (QED) is 0.135. The van der Waals surface area contributed by atoms with E-state index in [9.17, 15) is 22.8 Å². The maximum Gasteiger partial charge on any atom is 0.436 e. The molecular formula is C33H38F3NO4. The largest absolute Gasteiger partial charge is 0.463 e. The molecule has 0 N–H and O–H groups in total. The van der Waals surface area contributed by atoms with Gasteiger partial charge in [0.25, 0.3) is 6.10 Å². The van der Waals surface area contributed by atoms with Gasteiger partial charge in [-0.3, -0.25) is 4.98 Å². The topological polar surface area (TPSA) is 65.5 Å². The van der Waals surface area contributed by atoms with Gasteiger partial charge in [0, 0.05) is 17.3 Å². The van der Waals surface area contributed by atoms with Gasteiger partial charge < -0.3 is 9.47 Å². The number of aromatic nitrogens is 1. The van der Waals surface area contributed by atoms with Crippen LogP contribution in [-0.4, -0.2) is 35.8 Å². The van der Waals surface area contributed by atoms with Crippen LogP contribution < -0.4 is 0 Å². The van der Waals surface area contributed by atoms with Crippen LogP contribution in [0.2, 0.25) is 0 Å². The Labute approximate surface area is 240 Å². The molecule has 0 fully saturated rings. The fourth-order valence-corrected chi connectivity index (χ4v) is 4.36. The standard InChI is InChI=1S/C33H38F3NO4/c1-3-5-6-7-8-9-10-11-24-12-14-26(15-13-24)29-21-20-28(23-37-29)25-16-18-27(19-17-25)31(38)41-30(33(34,35)36)32(39)40-22-4-2/h12-21,23,30H,3-11,22H2,1-2H3. The van der Waals surface area contributed by atoms with Crippen molar-refractivity contribution in [3.05, 3.63) is 78.0 Å². The average Bonchev–Trinajstić information content (AvgIpc) is 2.98. The van der Waals surface area contributed by atoms with Gasteiger partial charge in [0.2, 0.25) is 0 Å². The van der Waals surface area contributed by atoms with E-state index in [1.165, 1.54) is 62.6 Å². The number of rotatable bonds is 15. The molecule has 0 amide bonds. The summed E-state index contributed by atoms with van der Waals surface area (Å²) in [5.74, 6) is -2.91. The number of nitrogens with zero attached hydrogens (tertiary/aromatic N) is 1. The minimum atomic E-state index is -5.08. The monoisotopic (exact) mass is 569 g/mol. The number of benzene rings is 2. The number of unbranched alkanes of at least 4 members (excludes halogenated alkanes) is 6. The van der Waals surface area contributed by atoms with Gasteiger partial charge in [0.15, 0.2) is 0 Å². The minimum absolute atomic E-state index is 0.118. The van der Waals surface area contributed by atoms with Crippen molar-refractivity contribution in [3.63, 3.8) is 0 Å². The first-order valence-electron chi connectivity index (χ1n) is 14.3. The van der Waals surface area contributed by atoms with Crippen molar-refractivity contribution in [2.45, 2.75) is 83.9 Å². The molecule has 0 aliphatic heterocycles. The second-order valence-electron chi connectivity index (χ2n) is 10.1. The van der Waals surface area contributed by atoms with Crippen LogP contribution in [0, 0.1) is 0 Å². The van der Waals surface area contributed by atoms with E-state index in [0.717, 1.165) is 28.8 Å². The number of carbonyl (C=O) groups is 2. The van der Waals surface area contributed by atoms with Crippen LogP contribution in [0.25, 0.3) is 22.4 Å². The second-order valence-corrected chi connectivity index (χ2v) is 10.1. The fourth-order valence-electron chi connectivity index (χ4n) is 4.36. The Morgan fingerprint density at radius 1 is 0.756 bits per heavy atom. The highest BCUT2D eigenvalue weighted by atomic mass is 19.4. The lowest BCUT2D eigenvalue weighted by atomic mass is 10.0. The smallest absolute Gasteiger partial charge is 0.436 e. The Kier molecular flexibility index (Phi) is 12.4. The van der Waals surface area contributed by atoms with E-state index < -0.39 is 24.2 Å². The highest BCUT2D eigenvalue weighted by molar-refractivity contribution is 5.92. The van der Waals surface area contributed by atoms with Crippen molar-refractivity contribution in [1.82, 2.24) is 4.98 Å². The molecule has 0 saturated heterocycles. The summed E-state index contributed by atoms with van der Waals surface area (Å²) in [6.45, 7) is 3.67. The van der Waals surface area contributed by atoms with Gasteiger partial charge in [-0.2, -0.15) is 13.2 Å². The van der Waals surface area contributed by atoms with Gasteiger partial charge in [0.05, 0.1) is 17.9 Å². The highest BCUT2D eigenvalue weighted by Crippen LogP contribution is 2.27. The van der Waals surface area contributed by atoms with Crippen LogP contribution in [0.3, 0.4) is 0 Å². The first kappa shape index (κ1) is 31.8. The van der Waals surface area contributed by atoms with Crippen molar-refractivity contribution in [2.75, 3.05) is 6.61 Å². The summed E-state index contributed by atoms with van der Waals surface area (Å²) >= 11 is 0. The summed E-state index contributed by atoms with van der Waals surface area (Å²) in [5, 5.41) is 0. The molecule has 0 spiro atoms. The molecule has 1 heterocycles. The number of hydrogen-bond acceptors (Lipinski definition) is 5. The van der Waals surface area contributed by atoms with E-state index in [-0.39, 0.29) is 12.2 Å². The highest BCUT2D eigenvalue weighted by Gasteiger charge is 2.49. The van der Waals surface area contributed by atoms with Gasteiger partial charge in [-0.15, -0.1) is 0 Å². The van der Waals surface area contributed by atoms with E-state index >= 15 is 0 Å². The van der Waals surface area contributed by atoms with Gasteiger partial charge >= 0.3 is 18.1 Å². The molecule has 0 saturated carbocycles. The number of carbonyl (C=O) groups excluding carboxylic acids is 2. The molecule has 0 aliphatic rings. The van der Waals surface area contributed by atoms with Crippen LogP contribution in [-0.2, 0) is 20.7 Å². The zero-order valence-electron chi connectivity index (χ0n) is 23.7. The maximum atomic E-state index is 13.3. The van der Waals surface area contributed by atoms with E-state index in [4.69, 9.17) is 0 Å². The normalized spacial score (nSPS) is 12.1. The van der Waals surface area contributed by atoms with Crippen molar-refractivity contribution < 1.29 is 32.2 Å². The first-order chi connectivity index (χ1) is 19.7. The van der Waals surface area contributed by atoms with E-state index in [2.05, 4.69) is 45.6 Å². The zero-order chi connectivity index (χ0) is 29.7.